The Labute approximate surface area is 92.1 Å². The zero-order chi connectivity index (χ0) is 11.4. The van der Waals surface area contributed by atoms with Crippen LogP contribution in [0.15, 0.2) is 0 Å². The normalized spacial score (nSPS) is 17.3. The molecule has 15 heavy (non-hydrogen) atoms. The predicted octanol–water partition coefficient (Wildman–Crippen LogP) is 2.18. The van der Waals surface area contributed by atoms with Crippen LogP contribution in [0.4, 0.5) is 0 Å². The van der Waals surface area contributed by atoms with Crippen molar-refractivity contribution >= 4 is 5.91 Å². The fraction of sp³-hybridized carbons (Fsp3) is 0.833. The maximum absolute atomic E-state index is 11.9. The van der Waals surface area contributed by atoms with Gasteiger partial charge in [0.1, 0.15) is 5.92 Å². The molecule has 0 bridgehead atoms. The van der Waals surface area contributed by atoms with Gasteiger partial charge in [-0.25, -0.2) is 0 Å². The maximum Gasteiger partial charge on any atom is 0.239 e. The van der Waals surface area contributed by atoms with E-state index in [1.165, 1.54) is 0 Å². The quantitative estimate of drug-likeness (QED) is 0.695. The van der Waals surface area contributed by atoms with Crippen molar-refractivity contribution in [2.75, 3.05) is 6.54 Å². The van der Waals surface area contributed by atoms with Crippen molar-refractivity contribution in [3.63, 3.8) is 0 Å². The SMILES string of the molecule is CC(C)CCN(C(=O)C(C)C#N)C1CC1. The molecular formula is C12H20N2O. The van der Waals surface area contributed by atoms with Crippen LogP contribution in [-0.2, 0) is 4.79 Å². The molecule has 0 aliphatic heterocycles. The minimum absolute atomic E-state index is 0.0145. The van der Waals surface area contributed by atoms with Crippen LogP contribution in [0.3, 0.4) is 0 Å². The number of nitrogens with zero attached hydrogens (tertiary/aromatic N) is 2. The summed E-state index contributed by atoms with van der Waals surface area (Å²) in [5.74, 6) is 0.134. The third-order valence-corrected chi connectivity index (χ3v) is 2.78. The fourth-order valence-electron chi connectivity index (χ4n) is 1.56. The van der Waals surface area contributed by atoms with Crippen molar-refractivity contribution < 1.29 is 4.79 Å². The first-order valence-electron chi connectivity index (χ1n) is 5.76. The van der Waals surface area contributed by atoms with Gasteiger partial charge in [-0.05, 0) is 32.1 Å². The third kappa shape index (κ3) is 3.54. The molecule has 1 unspecified atom stereocenters. The van der Waals surface area contributed by atoms with Crippen molar-refractivity contribution in [3.05, 3.63) is 0 Å². The zero-order valence-electron chi connectivity index (χ0n) is 9.86. The Kier molecular flexibility index (Phi) is 4.14. The number of carbonyl (C=O) groups excluding carboxylic acids is 1. The number of carbonyl (C=O) groups is 1. The summed E-state index contributed by atoms with van der Waals surface area (Å²) in [6, 6.07) is 2.45. The summed E-state index contributed by atoms with van der Waals surface area (Å²) in [6.45, 7) is 6.81. The molecule has 0 radical (unpaired) electrons. The summed E-state index contributed by atoms with van der Waals surface area (Å²) in [6.07, 6.45) is 3.25. The second-order valence-electron chi connectivity index (χ2n) is 4.80. The smallest absolute Gasteiger partial charge is 0.239 e. The van der Waals surface area contributed by atoms with Gasteiger partial charge in [0, 0.05) is 12.6 Å². The first-order valence-corrected chi connectivity index (χ1v) is 5.76. The molecule has 3 heteroatoms. The fourth-order valence-corrected chi connectivity index (χ4v) is 1.56. The number of hydrogen-bond acceptors (Lipinski definition) is 2. The van der Waals surface area contributed by atoms with Gasteiger partial charge in [-0.15, -0.1) is 0 Å². The van der Waals surface area contributed by atoms with Crippen molar-refractivity contribution in [3.8, 4) is 6.07 Å². The minimum atomic E-state index is -0.488. The standard InChI is InChI=1S/C12H20N2O/c1-9(2)6-7-14(11-4-5-11)12(15)10(3)8-13/h9-11H,4-7H2,1-3H3. The van der Waals surface area contributed by atoms with Gasteiger partial charge in [0.05, 0.1) is 6.07 Å². The molecule has 0 spiro atoms. The molecule has 1 rings (SSSR count). The van der Waals surface area contributed by atoms with Crippen LogP contribution < -0.4 is 0 Å². The Bertz CT molecular complexity index is 263. The highest BCUT2D eigenvalue weighted by molar-refractivity contribution is 5.81. The van der Waals surface area contributed by atoms with Gasteiger partial charge in [0.2, 0.25) is 5.91 Å². The third-order valence-electron chi connectivity index (χ3n) is 2.78. The van der Waals surface area contributed by atoms with E-state index in [-0.39, 0.29) is 5.91 Å². The average Bonchev–Trinajstić information content (AvgIpc) is 3.00. The summed E-state index contributed by atoms with van der Waals surface area (Å²) < 4.78 is 0. The van der Waals surface area contributed by atoms with E-state index in [0.717, 1.165) is 25.8 Å². The summed E-state index contributed by atoms with van der Waals surface area (Å²) in [7, 11) is 0. The van der Waals surface area contributed by atoms with E-state index in [0.29, 0.717) is 12.0 Å². The minimum Gasteiger partial charge on any atom is -0.339 e. The number of amides is 1. The van der Waals surface area contributed by atoms with Crippen LogP contribution in [0.1, 0.15) is 40.0 Å². The van der Waals surface area contributed by atoms with E-state index in [2.05, 4.69) is 13.8 Å². The van der Waals surface area contributed by atoms with Gasteiger partial charge >= 0.3 is 0 Å². The Morgan fingerprint density at radius 2 is 2.07 bits per heavy atom. The molecule has 1 fully saturated rings. The highest BCUT2D eigenvalue weighted by atomic mass is 16.2. The van der Waals surface area contributed by atoms with Gasteiger partial charge < -0.3 is 4.90 Å². The van der Waals surface area contributed by atoms with Crippen molar-refractivity contribution in [1.29, 1.82) is 5.26 Å². The van der Waals surface area contributed by atoms with Crippen molar-refractivity contribution in [2.45, 2.75) is 46.1 Å². The van der Waals surface area contributed by atoms with Crippen LogP contribution in [-0.4, -0.2) is 23.4 Å². The molecule has 0 saturated heterocycles. The predicted molar refractivity (Wildman–Crippen MR) is 59.0 cm³/mol. The molecule has 0 aromatic rings. The Hall–Kier alpha value is -1.04. The van der Waals surface area contributed by atoms with E-state index < -0.39 is 5.92 Å². The number of nitriles is 1. The largest absolute Gasteiger partial charge is 0.339 e. The van der Waals surface area contributed by atoms with E-state index in [9.17, 15) is 4.79 Å². The van der Waals surface area contributed by atoms with E-state index in [4.69, 9.17) is 5.26 Å². The van der Waals surface area contributed by atoms with E-state index >= 15 is 0 Å². The van der Waals surface area contributed by atoms with Crippen LogP contribution in [0.5, 0.6) is 0 Å². The summed E-state index contributed by atoms with van der Waals surface area (Å²) in [5.41, 5.74) is 0. The molecule has 0 heterocycles. The molecule has 1 amide bonds. The van der Waals surface area contributed by atoms with E-state index in [1.807, 2.05) is 11.0 Å². The van der Waals surface area contributed by atoms with Crippen LogP contribution in [0, 0.1) is 23.2 Å². The maximum atomic E-state index is 11.9. The van der Waals surface area contributed by atoms with Crippen molar-refractivity contribution in [1.82, 2.24) is 4.90 Å². The molecule has 84 valence electrons. The topological polar surface area (TPSA) is 44.1 Å². The highest BCUT2D eigenvalue weighted by Crippen LogP contribution is 2.28. The van der Waals surface area contributed by atoms with Gasteiger partial charge in [-0.1, -0.05) is 13.8 Å². The zero-order valence-corrected chi connectivity index (χ0v) is 9.86. The van der Waals surface area contributed by atoms with Gasteiger partial charge in [0.25, 0.3) is 0 Å². The lowest BCUT2D eigenvalue weighted by atomic mass is 10.1. The highest BCUT2D eigenvalue weighted by Gasteiger charge is 2.34. The molecular weight excluding hydrogens is 188 g/mol. The molecule has 0 aromatic carbocycles. The van der Waals surface area contributed by atoms with Crippen LogP contribution in [0.25, 0.3) is 0 Å². The van der Waals surface area contributed by atoms with Gasteiger partial charge in [0.15, 0.2) is 0 Å². The van der Waals surface area contributed by atoms with Crippen LogP contribution in [0.2, 0.25) is 0 Å². The lowest BCUT2D eigenvalue weighted by Crippen LogP contribution is -2.37. The molecule has 0 N–H and O–H groups in total. The lowest BCUT2D eigenvalue weighted by Gasteiger charge is -2.24. The molecule has 1 atom stereocenters. The molecule has 0 aromatic heterocycles. The molecule has 1 aliphatic rings. The lowest BCUT2D eigenvalue weighted by molar-refractivity contribution is -0.134. The monoisotopic (exact) mass is 208 g/mol. The number of hydrogen-bond donors (Lipinski definition) is 0. The number of rotatable bonds is 5. The Balaban J connectivity index is 2.50. The Morgan fingerprint density at radius 3 is 2.47 bits per heavy atom. The summed E-state index contributed by atoms with van der Waals surface area (Å²) >= 11 is 0. The first kappa shape index (κ1) is 12.0. The molecule has 3 nitrogen and oxygen atoms in total. The van der Waals surface area contributed by atoms with Gasteiger partial charge in [-0.3, -0.25) is 4.79 Å². The average molecular weight is 208 g/mol. The van der Waals surface area contributed by atoms with Crippen molar-refractivity contribution in [2.24, 2.45) is 11.8 Å². The summed E-state index contributed by atoms with van der Waals surface area (Å²) in [4.78, 5) is 13.8. The molecule has 1 aliphatic carbocycles. The second kappa shape index (κ2) is 5.16. The second-order valence-corrected chi connectivity index (χ2v) is 4.80. The molecule has 1 saturated carbocycles. The van der Waals surface area contributed by atoms with Crippen LogP contribution >= 0.6 is 0 Å². The van der Waals surface area contributed by atoms with Gasteiger partial charge in [-0.2, -0.15) is 5.26 Å². The Morgan fingerprint density at radius 1 is 1.47 bits per heavy atom. The van der Waals surface area contributed by atoms with E-state index in [1.54, 1.807) is 6.92 Å². The first-order chi connectivity index (χ1) is 7.06. The summed E-state index contributed by atoms with van der Waals surface area (Å²) in [5, 5.41) is 8.74.